The van der Waals surface area contributed by atoms with Gasteiger partial charge in [-0.2, -0.15) is 11.8 Å². The number of carbonyl (C=O) groups excluding carboxylic acids is 1. The lowest BCUT2D eigenvalue weighted by atomic mass is 10.2. The van der Waals surface area contributed by atoms with Crippen molar-refractivity contribution >= 4 is 30.1 Å². The van der Waals surface area contributed by atoms with E-state index in [1.165, 1.54) is 5.56 Å². The molecule has 1 atom stereocenters. The van der Waals surface area contributed by atoms with Crippen LogP contribution in [0.25, 0.3) is 0 Å². The number of hydrogen-bond acceptors (Lipinski definition) is 4. The second-order valence-electron chi connectivity index (χ2n) is 5.14. The highest BCUT2D eigenvalue weighted by molar-refractivity contribution is 7.98. The zero-order valence-electron chi connectivity index (χ0n) is 11.6. The Bertz CT molecular complexity index is 379. The summed E-state index contributed by atoms with van der Waals surface area (Å²) in [6.45, 7) is 5.53. The number of halogens is 1. The summed E-state index contributed by atoms with van der Waals surface area (Å²) in [5, 5.41) is 0. The van der Waals surface area contributed by atoms with Crippen molar-refractivity contribution in [1.29, 1.82) is 0 Å². The van der Waals surface area contributed by atoms with Gasteiger partial charge in [0.25, 0.3) is 0 Å². The molecule has 0 aliphatic carbocycles. The van der Waals surface area contributed by atoms with Crippen LogP contribution in [0.3, 0.4) is 0 Å². The molecular formula is C14H22ClNO2S. The van der Waals surface area contributed by atoms with Gasteiger partial charge in [-0.15, -0.1) is 12.4 Å². The van der Waals surface area contributed by atoms with Gasteiger partial charge in [-0.25, -0.2) is 0 Å². The van der Waals surface area contributed by atoms with Crippen LogP contribution in [-0.2, 0) is 15.3 Å². The SMILES string of the molecule is CC(C)(C)OC(=O)[C@@H](N)CSCc1ccccc1.Cl. The molecular weight excluding hydrogens is 282 g/mol. The normalized spacial score (nSPS) is 12.4. The maximum atomic E-state index is 11.6. The number of esters is 1. The first-order valence-corrected chi connectivity index (χ1v) is 7.14. The van der Waals surface area contributed by atoms with Crippen LogP contribution in [0, 0.1) is 0 Å². The molecule has 0 fully saturated rings. The number of benzene rings is 1. The molecule has 19 heavy (non-hydrogen) atoms. The van der Waals surface area contributed by atoms with E-state index in [0.29, 0.717) is 5.75 Å². The lowest BCUT2D eigenvalue weighted by Crippen LogP contribution is -2.39. The van der Waals surface area contributed by atoms with Crippen molar-refractivity contribution in [3.05, 3.63) is 35.9 Å². The molecule has 5 heteroatoms. The lowest BCUT2D eigenvalue weighted by Gasteiger charge is -2.22. The van der Waals surface area contributed by atoms with Crippen LogP contribution in [0.4, 0.5) is 0 Å². The molecule has 1 rings (SSSR count). The highest BCUT2D eigenvalue weighted by atomic mass is 35.5. The highest BCUT2D eigenvalue weighted by Gasteiger charge is 2.21. The van der Waals surface area contributed by atoms with Crippen LogP contribution < -0.4 is 5.73 Å². The molecule has 0 saturated heterocycles. The number of thioether (sulfide) groups is 1. The van der Waals surface area contributed by atoms with Gasteiger partial charge < -0.3 is 10.5 Å². The Morgan fingerprint density at radius 1 is 1.32 bits per heavy atom. The minimum atomic E-state index is -0.557. The van der Waals surface area contributed by atoms with Crippen molar-refractivity contribution in [2.75, 3.05) is 5.75 Å². The average molecular weight is 304 g/mol. The summed E-state index contributed by atoms with van der Waals surface area (Å²) < 4.78 is 5.22. The molecule has 2 N–H and O–H groups in total. The van der Waals surface area contributed by atoms with Crippen molar-refractivity contribution in [1.82, 2.24) is 0 Å². The molecule has 1 aromatic carbocycles. The van der Waals surface area contributed by atoms with Crippen molar-refractivity contribution in [2.24, 2.45) is 5.73 Å². The molecule has 0 aromatic heterocycles. The zero-order valence-corrected chi connectivity index (χ0v) is 13.2. The Balaban J connectivity index is 0.00000324. The van der Waals surface area contributed by atoms with E-state index >= 15 is 0 Å². The fraction of sp³-hybridized carbons (Fsp3) is 0.500. The zero-order chi connectivity index (χ0) is 13.6. The highest BCUT2D eigenvalue weighted by Crippen LogP contribution is 2.14. The maximum absolute atomic E-state index is 11.6. The Morgan fingerprint density at radius 3 is 2.42 bits per heavy atom. The average Bonchev–Trinajstić information content (AvgIpc) is 2.28. The molecule has 1 aromatic rings. The molecule has 0 amide bonds. The van der Waals surface area contributed by atoms with E-state index in [4.69, 9.17) is 10.5 Å². The third-order valence-corrected chi connectivity index (χ3v) is 3.25. The topological polar surface area (TPSA) is 52.3 Å². The molecule has 0 spiro atoms. The van der Waals surface area contributed by atoms with E-state index < -0.39 is 11.6 Å². The fourth-order valence-electron chi connectivity index (χ4n) is 1.32. The first-order chi connectivity index (χ1) is 8.38. The molecule has 0 bridgehead atoms. The number of rotatable bonds is 5. The fourth-order valence-corrected chi connectivity index (χ4v) is 2.26. The van der Waals surface area contributed by atoms with Crippen LogP contribution in [0.2, 0.25) is 0 Å². The van der Waals surface area contributed by atoms with Gasteiger partial charge in [-0.05, 0) is 26.3 Å². The summed E-state index contributed by atoms with van der Waals surface area (Å²) in [5.74, 6) is 1.10. The van der Waals surface area contributed by atoms with Crippen LogP contribution >= 0.6 is 24.2 Å². The third-order valence-electron chi connectivity index (χ3n) is 2.12. The smallest absolute Gasteiger partial charge is 0.324 e. The van der Waals surface area contributed by atoms with E-state index in [1.54, 1.807) is 11.8 Å². The molecule has 0 radical (unpaired) electrons. The van der Waals surface area contributed by atoms with Gasteiger partial charge in [0.15, 0.2) is 0 Å². The Labute approximate surface area is 125 Å². The quantitative estimate of drug-likeness (QED) is 0.850. The van der Waals surface area contributed by atoms with Gasteiger partial charge in [-0.3, -0.25) is 4.79 Å². The van der Waals surface area contributed by atoms with Gasteiger partial charge in [0.2, 0.25) is 0 Å². The second kappa shape index (κ2) is 8.46. The molecule has 0 heterocycles. The largest absolute Gasteiger partial charge is 0.459 e. The van der Waals surface area contributed by atoms with E-state index in [1.807, 2.05) is 39.0 Å². The first-order valence-electron chi connectivity index (χ1n) is 5.98. The van der Waals surface area contributed by atoms with Crippen LogP contribution in [0.15, 0.2) is 30.3 Å². The van der Waals surface area contributed by atoms with Crippen LogP contribution in [0.5, 0.6) is 0 Å². The van der Waals surface area contributed by atoms with Crippen molar-refractivity contribution in [3.63, 3.8) is 0 Å². The molecule has 0 aliphatic heterocycles. The summed E-state index contributed by atoms with van der Waals surface area (Å²) in [6, 6.07) is 9.56. The summed E-state index contributed by atoms with van der Waals surface area (Å²) in [7, 11) is 0. The Kier molecular flexibility index (Phi) is 8.14. The van der Waals surface area contributed by atoms with Gasteiger partial charge in [0.05, 0.1) is 0 Å². The van der Waals surface area contributed by atoms with Crippen molar-refractivity contribution in [2.45, 2.75) is 38.2 Å². The van der Waals surface area contributed by atoms with Gasteiger partial charge in [0, 0.05) is 11.5 Å². The molecule has 3 nitrogen and oxygen atoms in total. The number of ether oxygens (including phenoxy) is 1. The van der Waals surface area contributed by atoms with E-state index in [-0.39, 0.29) is 18.4 Å². The predicted molar refractivity (Wildman–Crippen MR) is 83.7 cm³/mol. The van der Waals surface area contributed by atoms with Crippen molar-refractivity contribution in [3.8, 4) is 0 Å². The number of nitrogens with two attached hydrogens (primary N) is 1. The van der Waals surface area contributed by atoms with Crippen molar-refractivity contribution < 1.29 is 9.53 Å². The van der Waals surface area contributed by atoms with Gasteiger partial charge in [-0.1, -0.05) is 30.3 Å². The molecule has 108 valence electrons. The minimum absolute atomic E-state index is 0. The molecule has 0 aliphatic rings. The van der Waals surface area contributed by atoms with Gasteiger partial charge >= 0.3 is 5.97 Å². The van der Waals surface area contributed by atoms with Crippen LogP contribution in [0.1, 0.15) is 26.3 Å². The number of hydrogen-bond donors (Lipinski definition) is 1. The standard InChI is InChI=1S/C14H21NO2S.ClH/c1-14(2,3)17-13(16)12(15)10-18-9-11-7-5-4-6-8-11;/h4-8,12H,9-10,15H2,1-3H3;1H/t12-;/m0./s1. The minimum Gasteiger partial charge on any atom is -0.459 e. The maximum Gasteiger partial charge on any atom is 0.324 e. The predicted octanol–water partition coefficient (Wildman–Crippen LogP) is 3.01. The van der Waals surface area contributed by atoms with E-state index in [2.05, 4.69) is 12.1 Å². The summed E-state index contributed by atoms with van der Waals surface area (Å²) in [6.07, 6.45) is 0. The summed E-state index contributed by atoms with van der Waals surface area (Å²) in [5.41, 5.74) is 6.55. The summed E-state index contributed by atoms with van der Waals surface area (Å²) >= 11 is 1.64. The Hall–Kier alpha value is -0.710. The van der Waals surface area contributed by atoms with Crippen LogP contribution in [-0.4, -0.2) is 23.4 Å². The van der Waals surface area contributed by atoms with E-state index in [9.17, 15) is 4.79 Å². The molecule has 0 unspecified atom stereocenters. The van der Waals surface area contributed by atoms with Gasteiger partial charge in [0.1, 0.15) is 11.6 Å². The molecule has 0 saturated carbocycles. The second-order valence-corrected chi connectivity index (χ2v) is 6.17. The first kappa shape index (κ1) is 18.3. The van der Waals surface area contributed by atoms with E-state index in [0.717, 1.165) is 5.75 Å². The summed E-state index contributed by atoms with van der Waals surface area (Å²) in [4.78, 5) is 11.6. The third kappa shape index (κ3) is 8.14. The monoisotopic (exact) mass is 303 g/mol. The number of carbonyl (C=O) groups is 1. The Morgan fingerprint density at radius 2 is 1.89 bits per heavy atom. The lowest BCUT2D eigenvalue weighted by molar-refractivity contribution is -0.155.